The summed E-state index contributed by atoms with van der Waals surface area (Å²) in [6.45, 7) is 8.37. The van der Waals surface area contributed by atoms with Gasteiger partial charge < -0.3 is 0 Å². The summed E-state index contributed by atoms with van der Waals surface area (Å²) >= 11 is 0. The van der Waals surface area contributed by atoms with Gasteiger partial charge in [-0.25, -0.2) is 0 Å². The highest BCUT2D eigenvalue weighted by Gasteiger charge is 2.10. The van der Waals surface area contributed by atoms with Gasteiger partial charge in [0.2, 0.25) is 0 Å². The molecule has 4 aromatic rings. The number of nitrogens with one attached hydrogen (secondary N) is 1. The molecule has 4 aromatic heterocycles. The molecule has 4 rings (SSSR count). The Kier molecular flexibility index (Phi) is 6.19. The van der Waals surface area contributed by atoms with E-state index in [4.69, 9.17) is 0 Å². The Labute approximate surface area is 182 Å². The summed E-state index contributed by atoms with van der Waals surface area (Å²) in [6, 6.07) is 16.0. The van der Waals surface area contributed by atoms with E-state index in [1.54, 1.807) is 0 Å². The molecule has 0 fully saturated rings. The molecule has 0 aliphatic carbocycles. The Bertz CT molecular complexity index is 1130. The van der Waals surface area contributed by atoms with E-state index in [0.717, 1.165) is 45.0 Å². The van der Waals surface area contributed by atoms with Crippen molar-refractivity contribution in [3.63, 3.8) is 0 Å². The highest BCUT2D eigenvalue weighted by molar-refractivity contribution is 5.55. The topological polar surface area (TPSA) is 76.0 Å². The lowest BCUT2D eigenvalue weighted by Crippen LogP contribution is -2.19. The lowest BCUT2D eigenvalue weighted by molar-refractivity contribution is 0.555. The van der Waals surface area contributed by atoms with Crippen molar-refractivity contribution in [1.82, 2.24) is 25.3 Å². The third-order valence-electron chi connectivity index (χ3n) is 4.96. The number of aromatic nitrogens is 4. The van der Waals surface area contributed by atoms with Gasteiger partial charge in [0.25, 0.3) is 0 Å². The zero-order valence-electron chi connectivity index (χ0n) is 17.7. The van der Waals surface area contributed by atoms with Gasteiger partial charge in [-0.3, -0.25) is 30.2 Å². The molecule has 6 nitrogen and oxygen atoms in total. The lowest BCUT2D eigenvalue weighted by atomic mass is 10.1. The first kappa shape index (κ1) is 20.5. The molecule has 0 bridgehead atoms. The number of nitrogens with zero attached hydrogens (tertiary/aromatic N) is 5. The normalized spacial score (nSPS) is 11.8. The van der Waals surface area contributed by atoms with E-state index < -0.39 is 0 Å². The molecule has 0 saturated carbocycles. The summed E-state index contributed by atoms with van der Waals surface area (Å²) in [4.78, 5) is 22.1. The van der Waals surface area contributed by atoms with Crippen LogP contribution in [0.3, 0.4) is 0 Å². The number of aliphatic imine (C=N–C) groups is 1. The Hall–Kier alpha value is -3.77. The molecule has 0 amide bonds. The van der Waals surface area contributed by atoms with E-state index >= 15 is 0 Å². The van der Waals surface area contributed by atoms with Gasteiger partial charge >= 0.3 is 0 Å². The molecule has 1 N–H and O–H groups in total. The third-order valence-corrected chi connectivity index (χ3v) is 4.96. The zero-order valence-corrected chi connectivity index (χ0v) is 17.7. The van der Waals surface area contributed by atoms with Crippen LogP contribution >= 0.6 is 0 Å². The summed E-state index contributed by atoms with van der Waals surface area (Å²) < 4.78 is 0. The fourth-order valence-electron chi connectivity index (χ4n) is 3.14. The van der Waals surface area contributed by atoms with Crippen LogP contribution < -0.4 is 5.32 Å². The highest BCUT2D eigenvalue weighted by Crippen LogP contribution is 2.20. The third kappa shape index (κ3) is 5.05. The second-order valence-corrected chi connectivity index (χ2v) is 7.44. The number of hydrogen-bond acceptors (Lipinski definition) is 6. The number of rotatable bonds is 7. The largest absolute Gasteiger partial charge is 0.288 e. The molecule has 0 aliphatic heterocycles. The molecular weight excluding hydrogens is 384 g/mol. The van der Waals surface area contributed by atoms with Crippen molar-refractivity contribution in [3.8, 4) is 22.8 Å². The maximum Gasteiger partial charge on any atom is 0.126 e. The number of aryl methyl sites for hydroxylation is 2. The summed E-state index contributed by atoms with van der Waals surface area (Å²) in [5, 5.41) is 3.39. The smallest absolute Gasteiger partial charge is 0.126 e. The molecule has 0 saturated heterocycles. The average molecular weight is 409 g/mol. The van der Waals surface area contributed by atoms with Crippen LogP contribution in [0.5, 0.6) is 0 Å². The molecule has 154 valence electrons. The van der Waals surface area contributed by atoms with Crippen molar-refractivity contribution in [2.45, 2.75) is 26.6 Å². The Morgan fingerprint density at radius 1 is 0.710 bits per heavy atom. The van der Waals surface area contributed by atoms with Crippen molar-refractivity contribution in [1.29, 1.82) is 0 Å². The van der Waals surface area contributed by atoms with Crippen molar-refractivity contribution in [2.75, 3.05) is 0 Å². The minimum Gasteiger partial charge on any atom is -0.288 e. The van der Waals surface area contributed by atoms with Crippen LogP contribution in [0, 0.1) is 13.8 Å². The van der Waals surface area contributed by atoms with E-state index in [-0.39, 0.29) is 6.17 Å². The SMILES string of the molecule is C=NC(NCc1ccc(-c2ccc(C)cn2)nc1)c1ccc(-c2ccc(C)cn2)nc1. The molecule has 1 unspecified atom stereocenters. The maximum absolute atomic E-state index is 4.54. The summed E-state index contributed by atoms with van der Waals surface area (Å²) in [6.07, 6.45) is 7.10. The van der Waals surface area contributed by atoms with Crippen LogP contribution in [0.15, 0.2) is 78.3 Å². The Morgan fingerprint density at radius 3 is 1.65 bits per heavy atom. The molecular formula is C25H24N6. The summed E-state index contributed by atoms with van der Waals surface area (Å²) in [5.41, 5.74) is 7.65. The number of hydrogen-bond donors (Lipinski definition) is 1. The lowest BCUT2D eigenvalue weighted by Gasteiger charge is -2.15. The van der Waals surface area contributed by atoms with Gasteiger partial charge in [0.1, 0.15) is 6.17 Å². The minimum absolute atomic E-state index is 0.258. The Balaban J connectivity index is 1.40. The maximum atomic E-state index is 4.54. The van der Waals surface area contributed by atoms with Crippen molar-refractivity contribution >= 4 is 6.72 Å². The molecule has 6 heteroatoms. The fraction of sp³-hybridized carbons (Fsp3) is 0.160. The van der Waals surface area contributed by atoms with Crippen LogP contribution in [0.1, 0.15) is 28.4 Å². The second-order valence-electron chi connectivity index (χ2n) is 7.44. The monoisotopic (exact) mass is 408 g/mol. The van der Waals surface area contributed by atoms with Crippen LogP contribution in [0.2, 0.25) is 0 Å². The molecule has 0 aliphatic rings. The minimum atomic E-state index is -0.258. The van der Waals surface area contributed by atoms with Gasteiger partial charge in [-0.1, -0.05) is 24.3 Å². The average Bonchev–Trinajstić information content (AvgIpc) is 2.81. The van der Waals surface area contributed by atoms with Crippen molar-refractivity contribution in [3.05, 3.63) is 95.6 Å². The van der Waals surface area contributed by atoms with Gasteiger partial charge in [-0.15, -0.1) is 0 Å². The van der Waals surface area contributed by atoms with Crippen LogP contribution in [-0.4, -0.2) is 26.7 Å². The van der Waals surface area contributed by atoms with E-state index in [9.17, 15) is 0 Å². The molecule has 4 heterocycles. The first-order valence-corrected chi connectivity index (χ1v) is 10.1. The molecule has 0 aromatic carbocycles. The molecule has 0 radical (unpaired) electrons. The van der Waals surface area contributed by atoms with Crippen LogP contribution in [0.25, 0.3) is 22.8 Å². The van der Waals surface area contributed by atoms with Gasteiger partial charge in [0.05, 0.1) is 22.8 Å². The van der Waals surface area contributed by atoms with Gasteiger partial charge in [0, 0.05) is 36.9 Å². The predicted octanol–water partition coefficient (Wildman–Crippen LogP) is 4.71. The Morgan fingerprint density at radius 2 is 1.23 bits per heavy atom. The van der Waals surface area contributed by atoms with Crippen LogP contribution in [-0.2, 0) is 6.54 Å². The zero-order chi connectivity index (χ0) is 21.6. The van der Waals surface area contributed by atoms with Gasteiger partial charge in [-0.2, -0.15) is 0 Å². The fourth-order valence-corrected chi connectivity index (χ4v) is 3.14. The standard InChI is InChI=1S/C25H24N6/c1-17-4-8-21(27-12-17)23-10-6-19(14-29-23)15-31-25(26-3)20-7-11-24(30-16-20)22-9-5-18(2)13-28-22/h4-14,16,25,31H,3,15H2,1-2H3. The van der Waals surface area contributed by atoms with Gasteiger partial charge in [-0.05, 0) is 61.5 Å². The molecule has 31 heavy (non-hydrogen) atoms. The first-order valence-electron chi connectivity index (χ1n) is 10.1. The molecule has 1 atom stereocenters. The van der Waals surface area contributed by atoms with E-state index in [1.165, 1.54) is 0 Å². The van der Waals surface area contributed by atoms with E-state index in [0.29, 0.717) is 6.54 Å². The predicted molar refractivity (Wildman–Crippen MR) is 124 cm³/mol. The van der Waals surface area contributed by atoms with E-state index in [1.807, 2.05) is 87.2 Å². The van der Waals surface area contributed by atoms with Crippen molar-refractivity contribution in [2.24, 2.45) is 4.99 Å². The summed E-state index contributed by atoms with van der Waals surface area (Å²) in [7, 11) is 0. The quantitative estimate of drug-likeness (QED) is 0.448. The van der Waals surface area contributed by atoms with Crippen molar-refractivity contribution < 1.29 is 0 Å². The number of pyridine rings is 4. The molecule has 0 spiro atoms. The van der Waals surface area contributed by atoms with Gasteiger partial charge in [0.15, 0.2) is 0 Å². The second kappa shape index (κ2) is 9.36. The van der Waals surface area contributed by atoms with E-state index in [2.05, 4.69) is 37.0 Å². The first-order chi connectivity index (χ1) is 15.1. The summed E-state index contributed by atoms with van der Waals surface area (Å²) in [5.74, 6) is 0. The highest BCUT2D eigenvalue weighted by atomic mass is 15.1. The van der Waals surface area contributed by atoms with Crippen LogP contribution in [0.4, 0.5) is 0 Å².